The predicted molar refractivity (Wildman–Crippen MR) is 75.0 cm³/mol. The van der Waals surface area contributed by atoms with Crippen molar-refractivity contribution in [3.63, 3.8) is 0 Å². The highest BCUT2D eigenvalue weighted by molar-refractivity contribution is 5.09. The number of ether oxygens (including phenoxy) is 1. The summed E-state index contributed by atoms with van der Waals surface area (Å²) in [5.74, 6) is 1.30. The molecule has 0 saturated heterocycles. The number of hydrogen-bond acceptors (Lipinski definition) is 5. The Bertz CT molecular complexity index is 444. The molecule has 1 aromatic heterocycles. The van der Waals surface area contributed by atoms with Crippen LogP contribution < -0.4 is 5.73 Å². The zero-order valence-electron chi connectivity index (χ0n) is 12.4. The summed E-state index contributed by atoms with van der Waals surface area (Å²) in [5, 5.41) is 4.20. The Morgan fingerprint density at radius 1 is 1.00 bits per heavy atom. The van der Waals surface area contributed by atoms with Gasteiger partial charge in [0.1, 0.15) is 5.60 Å². The van der Waals surface area contributed by atoms with Crippen LogP contribution in [-0.4, -0.2) is 17.3 Å². The van der Waals surface area contributed by atoms with Crippen molar-refractivity contribution in [1.29, 1.82) is 0 Å². The van der Waals surface area contributed by atoms with Gasteiger partial charge in [0.2, 0.25) is 11.7 Å². The van der Waals surface area contributed by atoms with Crippen LogP contribution in [0.25, 0.3) is 0 Å². The van der Waals surface area contributed by atoms with Crippen molar-refractivity contribution < 1.29 is 9.26 Å². The van der Waals surface area contributed by atoms with Crippen LogP contribution in [0.15, 0.2) is 4.52 Å². The van der Waals surface area contributed by atoms with Crippen LogP contribution >= 0.6 is 0 Å². The van der Waals surface area contributed by atoms with Crippen LogP contribution in [-0.2, 0) is 15.9 Å². The first-order valence-corrected chi connectivity index (χ1v) is 7.87. The third-order valence-electron chi connectivity index (χ3n) is 5.06. The second kappa shape index (κ2) is 5.45. The maximum Gasteiger partial charge on any atom is 0.246 e. The van der Waals surface area contributed by atoms with Gasteiger partial charge in [0.15, 0.2) is 0 Å². The Hall–Kier alpha value is -0.940. The van der Waals surface area contributed by atoms with E-state index in [4.69, 9.17) is 15.0 Å². The summed E-state index contributed by atoms with van der Waals surface area (Å²) >= 11 is 0. The molecule has 0 aliphatic heterocycles. The normalized spacial score (nSPS) is 25.5. The van der Waals surface area contributed by atoms with E-state index in [2.05, 4.69) is 10.1 Å². The van der Waals surface area contributed by atoms with Crippen LogP contribution in [0.5, 0.6) is 0 Å². The second-order valence-electron chi connectivity index (χ2n) is 6.40. The van der Waals surface area contributed by atoms with Gasteiger partial charge in [-0.05, 0) is 38.5 Å². The quantitative estimate of drug-likeness (QED) is 0.861. The zero-order chi connectivity index (χ0) is 14.1. The molecule has 0 aromatic carbocycles. The van der Waals surface area contributed by atoms with Gasteiger partial charge in [-0.3, -0.25) is 0 Å². The van der Waals surface area contributed by atoms with Crippen LogP contribution in [0.3, 0.4) is 0 Å². The minimum absolute atomic E-state index is 0.344. The lowest BCUT2D eigenvalue weighted by Gasteiger charge is -2.24. The first-order chi connectivity index (χ1) is 9.69. The predicted octanol–water partition coefficient (Wildman–Crippen LogP) is 2.99. The van der Waals surface area contributed by atoms with E-state index < -0.39 is 5.54 Å². The zero-order valence-corrected chi connectivity index (χ0v) is 12.4. The van der Waals surface area contributed by atoms with Crippen molar-refractivity contribution in [3.05, 3.63) is 11.7 Å². The molecule has 20 heavy (non-hydrogen) atoms. The summed E-state index contributed by atoms with van der Waals surface area (Å²) in [6.45, 7) is 0. The van der Waals surface area contributed by atoms with Crippen LogP contribution in [0.2, 0.25) is 0 Å². The van der Waals surface area contributed by atoms with Gasteiger partial charge in [0.05, 0.1) is 5.54 Å². The minimum atomic E-state index is -0.435. The number of hydrogen-bond donors (Lipinski definition) is 1. The van der Waals surface area contributed by atoms with E-state index in [0.717, 1.165) is 51.4 Å². The first-order valence-electron chi connectivity index (χ1n) is 7.87. The molecule has 5 heteroatoms. The summed E-state index contributed by atoms with van der Waals surface area (Å²) in [4.78, 5) is 4.64. The Morgan fingerprint density at radius 3 is 2.20 bits per heavy atom. The summed E-state index contributed by atoms with van der Waals surface area (Å²) in [7, 11) is 1.74. The Morgan fingerprint density at radius 2 is 1.60 bits per heavy atom. The Balaban J connectivity index is 1.85. The van der Waals surface area contributed by atoms with E-state index in [1.54, 1.807) is 7.11 Å². The molecule has 0 amide bonds. The summed E-state index contributed by atoms with van der Waals surface area (Å²) in [6.07, 6.45) is 10.9. The second-order valence-corrected chi connectivity index (χ2v) is 6.40. The van der Waals surface area contributed by atoms with Gasteiger partial charge < -0.3 is 15.0 Å². The highest BCUT2D eigenvalue weighted by atomic mass is 16.5. The third kappa shape index (κ3) is 2.37. The number of methoxy groups -OCH3 is 1. The van der Waals surface area contributed by atoms with Crippen molar-refractivity contribution >= 4 is 0 Å². The highest BCUT2D eigenvalue weighted by Crippen LogP contribution is 2.41. The molecule has 2 saturated carbocycles. The molecule has 1 aromatic rings. The van der Waals surface area contributed by atoms with E-state index in [9.17, 15) is 0 Å². The first kappa shape index (κ1) is 14.0. The average molecular weight is 279 g/mol. The van der Waals surface area contributed by atoms with E-state index in [0.29, 0.717) is 11.7 Å². The van der Waals surface area contributed by atoms with Crippen molar-refractivity contribution in [2.24, 2.45) is 5.73 Å². The van der Waals surface area contributed by atoms with Crippen molar-refractivity contribution in [1.82, 2.24) is 10.1 Å². The van der Waals surface area contributed by atoms with E-state index in [1.807, 2.05) is 0 Å². The average Bonchev–Trinajstić information content (AvgIpc) is 3.08. The molecule has 112 valence electrons. The molecule has 0 bridgehead atoms. The molecule has 3 rings (SSSR count). The van der Waals surface area contributed by atoms with Gasteiger partial charge in [-0.2, -0.15) is 4.98 Å². The van der Waals surface area contributed by atoms with Gasteiger partial charge in [0, 0.05) is 7.11 Å². The maximum absolute atomic E-state index is 6.54. The maximum atomic E-state index is 6.54. The van der Waals surface area contributed by atoms with E-state index >= 15 is 0 Å². The van der Waals surface area contributed by atoms with E-state index in [-0.39, 0.29) is 5.60 Å². The molecule has 0 spiro atoms. The number of rotatable bonds is 3. The topological polar surface area (TPSA) is 74.2 Å². The van der Waals surface area contributed by atoms with Gasteiger partial charge in [0.25, 0.3) is 0 Å². The number of nitrogens with two attached hydrogens (primary N) is 1. The molecule has 2 fully saturated rings. The third-order valence-corrected chi connectivity index (χ3v) is 5.06. The fourth-order valence-corrected chi connectivity index (χ4v) is 3.65. The monoisotopic (exact) mass is 279 g/mol. The molecule has 0 atom stereocenters. The minimum Gasteiger partial charge on any atom is -0.370 e. The van der Waals surface area contributed by atoms with E-state index in [1.165, 1.54) is 12.8 Å². The van der Waals surface area contributed by atoms with Crippen molar-refractivity contribution in [3.8, 4) is 0 Å². The molecular formula is C15H25N3O2. The molecule has 0 radical (unpaired) electrons. The standard InChI is InChI=1S/C15H25N3O2/c1-19-15(10-6-7-11-15)12-17-13(20-18-12)14(16)8-4-2-3-5-9-14/h2-11,16H2,1H3. The molecule has 2 N–H and O–H groups in total. The molecule has 2 aliphatic carbocycles. The van der Waals surface area contributed by atoms with Gasteiger partial charge in [-0.15, -0.1) is 0 Å². The smallest absolute Gasteiger partial charge is 0.246 e. The SMILES string of the molecule is COC1(c2noc(C3(N)CCCCCC3)n2)CCCC1. The highest BCUT2D eigenvalue weighted by Gasteiger charge is 2.42. The fraction of sp³-hybridized carbons (Fsp3) is 0.867. The largest absolute Gasteiger partial charge is 0.370 e. The molecule has 1 heterocycles. The molecule has 2 aliphatic rings. The summed E-state index contributed by atoms with van der Waals surface area (Å²) in [6, 6.07) is 0. The van der Waals surface area contributed by atoms with Gasteiger partial charge in [-0.25, -0.2) is 0 Å². The van der Waals surface area contributed by atoms with Crippen LogP contribution in [0.1, 0.15) is 75.9 Å². The van der Waals surface area contributed by atoms with Gasteiger partial charge in [-0.1, -0.05) is 30.8 Å². The fourth-order valence-electron chi connectivity index (χ4n) is 3.65. The molecular weight excluding hydrogens is 254 g/mol. The number of nitrogens with zero attached hydrogens (tertiary/aromatic N) is 2. The molecule has 0 unspecified atom stereocenters. The lowest BCUT2D eigenvalue weighted by Crippen LogP contribution is -2.36. The lowest BCUT2D eigenvalue weighted by molar-refractivity contribution is -0.0178. The van der Waals surface area contributed by atoms with Crippen molar-refractivity contribution in [2.75, 3.05) is 7.11 Å². The van der Waals surface area contributed by atoms with Gasteiger partial charge >= 0.3 is 0 Å². The lowest BCUT2D eigenvalue weighted by atomic mass is 9.91. The number of aromatic nitrogens is 2. The summed E-state index contributed by atoms with van der Waals surface area (Å²) in [5.41, 5.74) is 5.76. The van der Waals surface area contributed by atoms with Crippen molar-refractivity contribution in [2.45, 2.75) is 75.3 Å². The Kier molecular flexibility index (Phi) is 3.82. The van der Waals surface area contributed by atoms with Crippen LogP contribution in [0.4, 0.5) is 0 Å². The summed E-state index contributed by atoms with van der Waals surface area (Å²) < 4.78 is 11.3. The Labute approximate surface area is 120 Å². The van der Waals surface area contributed by atoms with Crippen LogP contribution in [0, 0.1) is 0 Å². The molecule has 5 nitrogen and oxygen atoms in total.